The maximum atomic E-state index is 11.4. The number of amides is 1. The Morgan fingerprint density at radius 1 is 1.29 bits per heavy atom. The third kappa shape index (κ3) is 4.04. The van der Waals surface area contributed by atoms with Crippen LogP contribution in [-0.2, 0) is 4.79 Å². The zero-order chi connectivity index (χ0) is 10.6. The van der Waals surface area contributed by atoms with Gasteiger partial charge in [-0.25, -0.2) is 5.01 Å². The van der Waals surface area contributed by atoms with Gasteiger partial charge in [0.1, 0.15) is 0 Å². The molecule has 0 spiro atoms. The summed E-state index contributed by atoms with van der Waals surface area (Å²) in [6.07, 6.45) is 0. The summed E-state index contributed by atoms with van der Waals surface area (Å²) in [5.41, 5.74) is 2.74. The monoisotopic (exact) mass is 200 g/mol. The zero-order valence-electron chi connectivity index (χ0n) is 9.29. The summed E-state index contributed by atoms with van der Waals surface area (Å²) in [4.78, 5) is 15.9. The lowest BCUT2D eigenvalue weighted by Gasteiger charge is -2.31. The molecule has 0 bridgehead atoms. The van der Waals surface area contributed by atoms with Crippen LogP contribution in [0.5, 0.6) is 0 Å². The number of rotatable bonds is 3. The molecule has 0 saturated carbocycles. The molecule has 0 aromatic heterocycles. The fraction of sp³-hybridized carbons (Fsp3) is 0.889. The number of nitrogens with zero attached hydrogens (tertiary/aromatic N) is 3. The van der Waals surface area contributed by atoms with Crippen LogP contribution in [0.25, 0.3) is 0 Å². The van der Waals surface area contributed by atoms with E-state index in [0.717, 1.165) is 26.2 Å². The van der Waals surface area contributed by atoms with Crippen molar-refractivity contribution >= 4 is 5.91 Å². The lowest BCUT2D eigenvalue weighted by atomic mass is 10.3. The molecule has 0 aliphatic carbocycles. The summed E-state index contributed by atoms with van der Waals surface area (Å²) >= 11 is 0. The van der Waals surface area contributed by atoms with Gasteiger partial charge in [0.25, 0.3) is 0 Å². The van der Waals surface area contributed by atoms with Gasteiger partial charge in [0.15, 0.2) is 0 Å². The van der Waals surface area contributed by atoms with Crippen molar-refractivity contribution in [3.8, 4) is 0 Å². The highest BCUT2D eigenvalue weighted by Gasteiger charge is 2.16. The number of hydrogen-bond acceptors (Lipinski definition) is 4. The van der Waals surface area contributed by atoms with Gasteiger partial charge in [-0.1, -0.05) is 0 Å². The van der Waals surface area contributed by atoms with Crippen molar-refractivity contribution in [2.24, 2.45) is 0 Å². The number of piperazine rings is 1. The van der Waals surface area contributed by atoms with Crippen LogP contribution in [0.3, 0.4) is 0 Å². The number of hydrogen-bond donors (Lipinski definition) is 1. The standard InChI is InChI=1S/C9H20N4O/c1-11(2)10-9(14)8-13-6-4-12(3)5-7-13/h4-8H2,1-3H3,(H,10,14). The van der Waals surface area contributed by atoms with E-state index in [9.17, 15) is 4.79 Å². The molecule has 0 aromatic carbocycles. The second-order valence-corrected chi connectivity index (χ2v) is 4.01. The van der Waals surface area contributed by atoms with Crippen molar-refractivity contribution in [2.45, 2.75) is 0 Å². The Kier molecular flexibility index (Phi) is 4.31. The minimum Gasteiger partial charge on any atom is -0.304 e. The second-order valence-electron chi connectivity index (χ2n) is 4.01. The van der Waals surface area contributed by atoms with Gasteiger partial charge in [0.05, 0.1) is 6.54 Å². The first kappa shape index (κ1) is 11.4. The van der Waals surface area contributed by atoms with E-state index in [1.165, 1.54) is 0 Å². The summed E-state index contributed by atoms with van der Waals surface area (Å²) in [5.74, 6) is 0.0690. The van der Waals surface area contributed by atoms with Gasteiger partial charge >= 0.3 is 0 Å². The first-order valence-electron chi connectivity index (χ1n) is 4.95. The van der Waals surface area contributed by atoms with Crippen LogP contribution in [0.1, 0.15) is 0 Å². The summed E-state index contributed by atoms with van der Waals surface area (Å²) in [6, 6.07) is 0. The summed E-state index contributed by atoms with van der Waals surface area (Å²) in [5, 5.41) is 1.68. The van der Waals surface area contributed by atoms with Crippen molar-refractivity contribution in [2.75, 3.05) is 53.9 Å². The molecule has 0 unspecified atom stereocenters. The molecule has 82 valence electrons. The molecule has 1 fully saturated rings. The van der Waals surface area contributed by atoms with E-state index in [0.29, 0.717) is 6.54 Å². The van der Waals surface area contributed by atoms with Crippen molar-refractivity contribution in [1.82, 2.24) is 20.2 Å². The fourth-order valence-electron chi connectivity index (χ4n) is 1.49. The third-order valence-electron chi connectivity index (χ3n) is 2.31. The van der Waals surface area contributed by atoms with Gasteiger partial charge in [0, 0.05) is 40.3 Å². The van der Waals surface area contributed by atoms with Gasteiger partial charge in [-0.05, 0) is 7.05 Å². The highest BCUT2D eigenvalue weighted by atomic mass is 16.2. The van der Waals surface area contributed by atoms with E-state index in [2.05, 4.69) is 22.3 Å². The number of carbonyl (C=O) groups is 1. The second kappa shape index (κ2) is 5.29. The molecule has 1 N–H and O–H groups in total. The van der Waals surface area contributed by atoms with E-state index < -0.39 is 0 Å². The zero-order valence-corrected chi connectivity index (χ0v) is 9.29. The molecule has 5 heteroatoms. The van der Waals surface area contributed by atoms with E-state index in [4.69, 9.17) is 0 Å². The Balaban J connectivity index is 2.20. The number of nitrogens with one attached hydrogen (secondary N) is 1. The summed E-state index contributed by atoms with van der Waals surface area (Å²) in [7, 11) is 5.75. The molecule has 1 aliphatic rings. The molecule has 0 aromatic rings. The van der Waals surface area contributed by atoms with Crippen LogP contribution in [0.4, 0.5) is 0 Å². The molecule has 1 amide bonds. The molecular formula is C9H20N4O. The van der Waals surface area contributed by atoms with Crippen LogP contribution in [-0.4, -0.2) is 74.6 Å². The SMILES string of the molecule is CN1CCN(CC(=O)NN(C)C)CC1. The molecule has 0 atom stereocenters. The highest BCUT2D eigenvalue weighted by molar-refractivity contribution is 5.77. The Morgan fingerprint density at radius 2 is 1.86 bits per heavy atom. The first-order valence-corrected chi connectivity index (χ1v) is 4.95. The quantitative estimate of drug-likeness (QED) is 0.583. The Labute approximate surface area is 85.6 Å². The molecular weight excluding hydrogens is 180 g/mol. The molecule has 1 heterocycles. The largest absolute Gasteiger partial charge is 0.304 e. The smallest absolute Gasteiger partial charge is 0.248 e. The number of likely N-dealkylation sites (N-methyl/N-ethyl adjacent to an activating group) is 1. The first-order chi connectivity index (χ1) is 6.58. The molecule has 1 aliphatic heterocycles. The maximum absolute atomic E-state index is 11.4. The van der Waals surface area contributed by atoms with E-state index in [1.54, 1.807) is 5.01 Å². The summed E-state index contributed by atoms with van der Waals surface area (Å²) < 4.78 is 0. The van der Waals surface area contributed by atoms with Crippen LogP contribution in [0.15, 0.2) is 0 Å². The Morgan fingerprint density at radius 3 is 2.36 bits per heavy atom. The van der Waals surface area contributed by atoms with E-state index >= 15 is 0 Å². The van der Waals surface area contributed by atoms with Gasteiger partial charge in [0.2, 0.25) is 5.91 Å². The molecule has 1 saturated heterocycles. The van der Waals surface area contributed by atoms with Crippen molar-refractivity contribution in [1.29, 1.82) is 0 Å². The van der Waals surface area contributed by atoms with E-state index in [1.807, 2.05) is 14.1 Å². The number of carbonyl (C=O) groups excluding carboxylic acids is 1. The topological polar surface area (TPSA) is 38.8 Å². The van der Waals surface area contributed by atoms with Gasteiger partial charge in [-0.15, -0.1) is 0 Å². The fourth-order valence-corrected chi connectivity index (χ4v) is 1.49. The van der Waals surface area contributed by atoms with Crippen LogP contribution in [0, 0.1) is 0 Å². The van der Waals surface area contributed by atoms with Crippen LogP contribution < -0.4 is 5.43 Å². The molecule has 14 heavy (non-hydrogen) atoms. The van der Waals surface area contributed by atoms with Gasteiger partial charge in [-0.3, -0.25) is 15.1 Å². The maximum Gasteiger partial charge on any atom is 0.248 e. The number of hydrazine groups is 1. The Hall–Kier alpha value is -0.650. The van der Waals surface area contributed by atoms with Crippen molar-refractivity contribution in [3.05, 3.63) is 0 Å². The molecule has 0 radical (unpaired) electrons. The lowest BCUT2D eigenvalue weighted by Crippen LogP contribution is -2.49. The minimum atomic E-state index is 0.0690. The third-order valence-corrected chi connectivity index (χ3v) is 2.31. The highest BCUT2D eigenvalue weighted by Crippen LogP contribution is 1.97. The average Bonchev–Trinajstić information content (AvgIpc) is 2.07. The predicted octanol–water partition coefficient (Wildman–Crippen LogP) is -1.17. The normalized spacial score (nSPS) is 20.0. The predicted molar refractivity (Wildman–Crippen MR) is 55.8 cm³/mol. The summed E-state index contributed by atoms with van der Waals surface area (Å²) in [6.45, 7) is 4.57. The lowest BCUT2D eigenvalue weighted by molar-refractivity contribution is -0.126. The minimum absolute atomic E-state index is 0.0690. The van der Waals surface area contributed by atoms with Crippen LogP contribution >= 0.6 is 0 Å². The van der Waals surface area contributed by atoms with Crippen molar-refractivity contribution in [3.63, 3.8) is 0 Å². The van der Waals surface area contributed by atoms with E-state index in [-0.39, 0.29) is 5.91 Å². The molecule has 5 nitrogen and oxygen atoms in total. The molecule has 1 rings (SSSR count). The van der Waals surface area contributed by atoms with Gasteiger partial charge < -0.3 is 4.90 Å². The van der Waals surface area contributed by atoms with Gasteiger partial charge in [-0.2, -0.15) is 0 Å². The van der Waals surface area contributed by atoms with Crippen molar-refractivity contribution < 1.29 is 4.79 Å². The Bertz CT molecular complexity index is 187. The van der Waals surface area contributed by atoms with Crippen LogP contribution in [0.2, 0.25) is 0 Å². The average molecular weight is 200 g/mol.